The average molecular weight is 263 g/mol. The van der Waals surface area contributed by atoms with Crippen LogP contribution in [0.1, 0.15) is 30.5 Å². The van der Waals surface area contributed by atoms with Crippen LogP contribution >= 0.6 is 0 Å². The van der Waals surface area contributed by atoms with Crippen LogP contribution in [0.15, 0.2) is 23.4 Å². The lowest BCUT2D eigenvalue weighted by Crippen LogP contribution is -2.34. The highest BCUT2D eigenvalue weighted by molar-refractivity contribution is 5.82. The lowest BCUT2D eigenvalue weighted by atomic mass is 10.1. The van der Waals surface area contributed by atoms with E-state index in [-0.39, 0.29) is 5.92 Å². The Bertz CT molecular complexity index is 423. The first-order valence-electron chi connectivity index (χ1n) is 6.73. The minimum atomic E-state index is 0.0517. The summed E-state index contributed by atoms with van der Waals surface area (Å²) in [6.07, 6.45) is 0. The fourth-order valence-electron chi connectivity index (χ4n) is 2.30. The standard InChI is InChI=1S/C15H25N3O/c1-5-18(9-13(4)15(16)17-19)10-14-7-11(2)6-12(3)8-14/h6-8,13,19H,5,9-10H2,1-4H3,(H2,16,17). The van der Waals surface area contributed by atoms with E-state index in [1.165, 1.54) is 16.7 Å². The highest BCUT2D eigenvalue weighted by Gasteiger charge is 2.13. The van der Waals surface area contributed by atoms with Gasteiger partial charge in [-0.05, 0) is 26.0 Å². The van der Waals surface area contributed by atoms with Crippen molar-refractivity contribution in [2.24, 2.45) is 16.8 Å². The van der Waals surface area contributed by atoms with Gasteiger partial charge < -0.3 is 10.9 Å². The van der Waals surface area contributed by atoms with E-state index in [1.54, 1.807) is 0 Å². The van der Waals surface area contributed by atoms with Gasteiger partial charge in [0, 0.05) is 19.0 Å². The Kier molecular flexibility index (Phi) is 5.83. The van der Waals surface area contributed by atoms with Crippen LogP contribution in [-0.2, 0) is 6.54 Å². The van der Waals surface area contributed by atoms with Gasteiger partial charge in [0.25, 0.3) is 0 Å². The Morgan fingerprint density at radius 1 is 1.32 bits per heavy atom. The van der Waals surface area contributed by atoms with Crippen LogP contribution in [0.2, 0.25) is 0 Å². The molecule has 0 saturated carbocycles. The van der Waals surface area contributed by atoms with Crippen molar-refractivity contribution in [1.29, 1.82) is 0 Å². The van der Waals surface area contributed by atoms with Gasteiger partial charge >= 0.3 is 0 Å². The second kappa shape index (κ2) is 7.14. The molecule has 1 atom stereocenters. The molecule has 0 amide bonds. The molecule has 1 rings (SSSR count). The number of nitrogens with two attached hydrogens (primary N) is 1. The van der Waals surface area contributed by atoms with Crippen LogP contribution in [0.25, 0.3) is 0 Å². The Labute approximate surface area is 115 Å². The maximum absolute atomic E-state index is 8.70. The molecule has 0 spiro atoms. The maximum Gasteiger partial charge on any atom is 0.143 e. The molecule has 106 valence electrons. The lowest BCUT2D eigenvalue weighted by Gasteiger charge is -2.24. The molecule has 0 aliphatic carbocycles. The van der Waals surface area contributed by atoms with Gasteiger partial charge in [-0.15, -0.1) is 0 Å². The van der Waals surface area contributed by atoms with Gasteiger partial charge in [-0.1, -0.05) is 48.3 Å². The maximum atomic E-state index is 8.70. The van der Waals surface area contributed by atoms with Crippen molar-refractivity contribution in [3.8, 4) is 0 Å². The van der Waals surface area contributed by atoms with Crippen molar-refractivity contribution in [1.82, 2.24) is 4.90 Å². The second-order valence-corrected chi connectivity index (χ2v) is 5.25. The summed E-state index contributed by atoms with van der Waals surface area (Å²) < 4.78 is 0. The number of aryl methyl sites for hydroxylation is 2. The van der Waals surface area contributed by atoms with Crippen LogP contribution in [0.4, 0.5) is 0 Å². The van der Waals surface area contributed by atoms with E-state index in [4.69, 9.17) is 10.9 Å². The van der Waals surface area contributed by atoms with E-state index >= 15 is 0 Å². The molecule has 0 saturated heterocycles. The van der Waals surface area contributed by atoms with Gasteiger partial charge in [-0.2, -0.15) is 0 Å². The summed E-state index contributed by atoms with van der Waals surface area (Å²) in [6, 6.07) is 6.60. The van der Waals surface area contributed by atoms with E-state index in [0.29, 0.717) is 5.84 Å². The molecule has 0 heterocycles. The number of hydrogen-bond donors (Lipinski definition) is 2. The SMILES string of the molecule is CCN(Cc1cc(C)cc(C)c1)CC(C)C(N)=NO. The number of oxime groups is 1. The predicted octanol–water partition coefficient (Wildman–Crippen LogP) is 2.51. The largest absolute Gasteiger partial charge is 0.409 e. The third kappa shape index (κ3) is 4.91. The lowest BCUT2D eigenvalue weighted by molar-refractivity contribution is 0.257. The summed E-state index contributed by atoms with van der Waals surface area (Å²) in [5.74, 6) is 0.342. The molecule has 0 aromatic heterocycles. The molecule has 1 aromatic rings. The second-order valence-electron chi connectivity index (χ2n) is 5.25. The Morgan fingerprint density at radius 2 is 1.89 bits per heavy atom. The molecule has 0 aliphatic heterocycles. The molecule has 0 radical (unpaired) electrons. The van der Waals surface area contributed by atoms with E-state index in [9.17, 15) is 0 Å². The van der Waals surface area contributed by atoms with Crippen LogP contribution in [-0.4, -0.2) is 29.0 Å². The highest BCUT2D eigenvalue weighted by Crippen LogP contribution is 2.12. The van der Waals surface area contributed by atoms with E-state index in [0.717, 1.165) is 19.6 Å². The summed E-state index contributed by atoms with van der Waals surface area (Å²) >= 11 is 0. The summed E-state index contributed by atoms with van der Waals surface area (Å²) in [4.78, 5) is 2.30. The Balaban J connectivity index is 2.71. The zero-order chi connectivity index (χ0) is 14.4. The molecule has 0 fully saturated rings. The summed E-state index contributed by atoms with van der Waals surface area (Å²) in [5, 5.41) is 11.8. The van der Waals surface area contributed by atoms with Crippen LogP contribution < -0.4 is 5.73 Å². The van der Waals surface area contributed by atoms with Crippen molar-refractivity contribution in [3.05, 3.63) is 34.9 Å². The molecule has 1 aromatic carbocycles. The molecule has 0 aliphatic rings. The van der Waals surface area contributed by atoms with Gasteiger partial charge in [-0.3, -0.25) is 4.90 Å². The van der Waals surface area contributed by atoms with Crippen molar-refractivity contribution in [2.75, 3.05) is 13.1 Å². The normalized spacial score (nSPS) is 13.8. The molecule has 3 N–H and O–H groups in total. The quantitative estimate of drug-likeness (QED) is 0.359. The number of nitrogens with zero attached hydrogens (tertiary/aromatic N) is 2. The molecule has 4 heteroatoms. The van der Waals surface area contributed by atoms with E-state index < -0.39 is 0 Å². The van der Waals surface area contributed by atoms with Crippen molar-refractivity contribution >= 4 is 5.84 Å². The van der Waals surface area contributed by atoms with Crippen molar-refractivity contribution in [3.63, 3.8) is 0 Å². The van der Waals surface area contributed by atoms with Crippen molar-refractivity contribution < 1.29 is 5.21 Å². The highest BCUT2D eigenvalue weighted by atomic mass is 16.4. The zero-order valence-electron chi connectivity index (χ0n) is 12.3. The number of benzene rings is 1. The smallest absolute Gasteiger partial charge is 0.143 e. The third-order valence-electron chi connectivity index (χ3n) is 3.29. The first kappa shape index (κ1) is 15.5. The van der Waals surface area contributed by atoms with E-state index in [1.807, 2.05) is 6.92 Å². The first-order valence-corrected chi connectivity index (χ1v) is 6.73. The first-order chi connectivity index (χ1) is 8.96. The average Bonchev–Trinajstić information content (AvgIpc) is 2.35. The number of amidine groups is 1. The van der Waals surface area contributed by atoms with Gasteiger partial charge in [0.2, 0.25) is 0 Å². The topological polar surface area (TPSA) is 61.8 Å². The molecule has 0 bridgehead atoms. The third-order valence-corrected chi connectivity index (χ3v) is 3.29. The van der Waals surface area contributed by atoms with Crippen LogP contribution in [0, 0.1) is 19.8 Å². The molecular weight excluding hydrogens is 238 g/mol. The minimum absolute atomic E-state index is 0.0517. The minimum Gasteiger partial charge on any atom is -0.409 e. The number of hydrogen-bond acceptors (Lipinski definition) is 3. The molecule has 4 nitrogen and oxygen atoms in total. The predicted molar refractivity (Wildman–Crippen MR) is 79.4 cm³/mol. The van der Waals surface area contributed by atoms with Gasteiger partial charge in [0.05, 0.1) is 0 Å². The zero-order valence-corrected chi connectivity index (χ0v) is 12.3. The van der Waals surface area contributed by atoms with Gasteiger partial charge in [0.15, 0.2) is 0 Å². The molecule has 1 unspecified atom stereocenters. The fourth-order valence-corrected chi connectivity index (χ4v) is 2.30. The van der Waals surface area contributed by atoms with Gasteiger partial charge in [-0.25, -0.2) is 0 Å². The molecular formula is C15H25N3O. The monoisotopic (exact) mass is 263 g/mol. The van der Waals surface area contributed by atoms with Crippen molar-refractivity contribution in [2.45, 2.75) is 34.2 Å². The molecule has 19 heavy (non-hydrogen) atoms. The summed E-state index contributed by atoms with van der Waals surface area (Å²) in [6.45, 7) is 11.0. The fraction of sp³-hybridized carbons (Fsp3) is 0.533. The van der Waals surface area contributed by atoms with E-state index in [2.05, 4.69) is 49.0 Å². The Morgan fingerprint density at radius 3 is 2.37 bits per heavy atom. The van der Waals surface area contributed by atoms with Crippen LogP contribution in [0.3, 0.4) is 0 Å². The van der Waals surface area contributed by atoms with Gasteiger partial charge in [0.1, 0.15) is 5.84 Å². The summed E-state index contributed by atoms with van der Waals surface area (Å²) in [7, 11) is 0. The van der Waals surface area contributed by atoms with Crippen LogP contribution in [0.5, 0.6) is 0 Å². The number of rotatable bonds is 6. The Hall–Kier alpha value is -1.55. The summed E-state index contributed by atoms with van der Waals surface area (Å²) in [5.41, 5.74) is 9.52.